The van der Waals surface area contributed by atoms with E-state index < -0.39 is 0 Å². The molecule has 0 bridgehead atoms. The summed E-state index contributed by atoms with van der Waals surface area (Å²) in [5.74, 6) is 1.78. The van der Waals surface area contributed by atoms with Gasteiger partial charge in [-0.05, 0) is 61.3 Å². The van der Waals surface area contributed by atoms with Crippen molar-refractivity contribution < 1.29 is 14.6 Å². The molecule has 4 nitrogen and oxygen atoms in total. The Morgan fingerprint density at radius 3 is 2.23 bits per heavy atom. The predicted octanol–water partition coefficient (Wildman–Crippen LogP) is 5.56. The van der Waals surface area contributed by atoms with Crippen LogP contribution in [0.25, 0.3) is 0 Å². The summed E-state index contributed by atoms with van der Waals surface area (Å²) in [6.45, 7) is 2.61. The fraction of sp³-hybridized carbons (Fsp3) is 0.308. The molecule has 0 radical (unpaired) electrons. The third-order valence-corrected chi connectivity index (χ3v) is 5.73. The van der Waals surface area contributed by atoms with Gasteiger partial charge in [-0.1, -0.05) is 48.9 Å². The van der Waals surface area contributed by atoms with E-state index >= 15 is 0 Å². The average Bonchev–Trinajstić information content (AvgIpc) is 2.81. The third-order valence-electron chi connectivity index (χ3n) is 5.73. The predicted molar refractivity (Wildman–Crippen MR) is 119 cm³/mol. The Balaban J connectivity index is 1.57. The van der Waals surface area contributed by atoms with E-state index in [1.165, 1.54) is 19.3 Å². The van der Waals surface area contributed by atoms with E-state index in [9.17, 15) is 5.11 Å². The van der Waals surface area contributed by atoms with Gasteiger partial charge in [0, 0.05) is 11.6 Å². The van der Waals surface area contributed by atoms with Crippen LogP contribution < -0.4 is 9.47 Å². The highest BCUT2D eigenvalue weighted by Gasteiger charge is 2.26. The van der Waals surface area contributed by atoms with Crippen molar-refractivity contribution in [3.05, 3.63) is 89.5 Å². The highest BCUT2D eigenvalue weighted by atomic mass is 16.5. The Labute approximate surface area is 178 Å². The molecule has 1 atom stereocenters. The van der Waals surface area contributed by atoms with Crippen molar-refractivity contribution in [1.82, 2.24) is 4.90 Å². The Morgan fingerprint density at radius 2 is 1.57 bits per heavy atom. The molecule has 0 amide bonds. The van der Waals surface area contributed by atoms with E-state index in [0.29, 0.717) is 12.4 Å². The van der Waals surface area contributed by atoms with E-state index in [1.807, 2.05) is 42.5 Å². The molecule has 3 aromatic carbocycles. The molecule has 1 unspecified atom stereocenters. The van der Waals surface area contributed by atoms with Gasteiger partial charge in [0.1, 0.15) is 23.9 Å². The van der Waals surface area contributed by atoms with Crippen LogP contribution >= 0.6 is 0 Å². The first-order valence-electron chi connectivity index (χ1n) is 10.6. The zero-order valence-corrected chi connectivity index (χ0v) is 17.5. The molecule has 0 aromatic heterocycles. The van der Waals surface area contributed by atoms with Crippen molar-refractivity contribution in [3.63, 3.8) is 0 Å². The second kappa shape index (κ2) is 9.68. The number of nitrogens with zero attached hydrogens (tertiary/aromatic N) is 1. The molecule has 1 saturated heterocycles. The summed E-state index contributed by atoms with van der Waals surface area (Å²) >= 11 is 0. The van der Waals surface area contributed by atoms with Gasteiger partial charge in [-0.15, -0.1) is 0 Å². The number of likely N-dealkylation sites (tertiary alicyclic amines) is 1. The second-order valence-corrected chi connectivity index (χ2v) is 7.77. The largest absolute Gasteiger partial charge is 0.507 e. The van der Waals surface area contributed by atoms with Crippen molar-refractivity contribution in [2.24, 2.45) is 0 Å². The van der Waals surface area contributed by atoms with Gasteiger partial charge in [-0.25, -0.2) is 0 Å². The van der Waals surface area contributed by atoms with Crippen LogP contribution in [0.4, 0.5) is 0 Å². The van der Waals surface area contributed by atoms with Gasteiger partial charge in [0.2, 0.25) is 0 Å². The number of hydrogen-bond acceptors (Lipinski definition) is 4. The lowest BCUT2D eigenvalue weighted by molar-refractivity contribution is 0.184. The average molecular weight is 404 g/mol. The first kappa shape index (κ1) is 20.3. The van der Waals surface area contributed by atoms with E-state index in [1.54, 1.807) is 13.2 Å². The molecule has 0 aliphatic carbocycles. The van der Waals surface area contributed by atoms with Crippen molar-refractivity contribution in [2.45, 2.75) is 31.9 Å². The molecule has 30 heavy (non-hydrogen) atoms. The molecule has 0 spiro atoms. The normalized spacial score (nSPS) is 15.5. The van der Waals surface area contributed by atoms with Crippen LogP contribution in [0.1, 0.15) is 42.0 Å². The number of piperidine rings is 1. The lowest BCUT2D eigenvalue weighted by Gasteiger charge is -2.35. The maximum absolute atomic E-state index is 10.7. The Kier molecular flexibility index (Phi) is 6.55. The topological polar surface area (TPSA) is 41.9 Å². The first-order chi connectivity index (χ1) is 14.7. The number of phenols is 1. The Morgan fingerprint density at radius 1 is 0.867 bits per heavy atom. The lowest BCUT2D eigenvalue weighted by Crippen LogP contribution is -2.34. The quantitative estimate of drug-likeness (QED) is 0.561. The van der Waals surface area contributed by atoms with Gasteiger partial charge in [0.05, 0.1) is 13.2 Å². The SMILES string of the molecule is COc1ccc(C(c2ccc(OCc3ccccc3)cc2)N2CCCCC2)c(O)c1. The van der Waals surface area contributed by atoms with Gasteiger partial charge in [-0.3, -0.25) is 4.90 Å². The summed E-state index contributed by atoms with van der Waals surface area (Å²) in [7, 11) is 1.62. The second-order valence-electron chi connectivity index (χ2n) is 7.77. The summed E-state index contributed by atoms with van der Waals surface area (Å²) in [5.41, 5.74) is 3.22. The van der Waals surface area contributed by atoms with Gasteiger partial charge in [0.15, 0.2) is 0 Å². The number of aromatic hydroxyl groups is 1. The molecule has 0 saturated carbocycles. The van der Waals surface area contributed by atoms with Crippen molar-refractivity contribution in [3.8, 4) is 17.2 Å². The van der Waals surface area contributed by atoms with Crippen molar-refractivity contribution in [1.29, 1.82) is 0 Å². The Hall–Kier alpha value is -2.98. The highest BCUT2D eigenvalue weighted by Crippen LogP contribution is 2.38. The molecular weight excluding hydrogens is 374 g/mol. The third kappa shape index (κ3) is 4.77. The number of hydrogen-bond donors (Lipinski definition) is 1. The van der Waals surface area contributed by atoms with Crippen LogP contribution in [-0.4, -0.2) is 30.2 Å². The summed E-state index contributed by atoms with van der Waals surface area (Å²) in [6, 6.07) is 24.1. The van der Waals surface area contributed by atoms with Crippen LogP contribution in [0.15, 0.2) is 72.8 Å². The van der Waals surface area contributed by atoms with E-state index in [0.717, 1.165) is 35.5 Å². The van der Waals surface area contributed by atoms with Gasteiger partial charge < -0.3 is 14.6 Å². The maximum atomic E-state index is 10.7. The van der Waals surface area contributed by atoms with Crippen molar-refractivity contribution >= 4 is 0 Å². The number of ether oxygens (including phenoxy) is 2. The van der Waals surface area contributed by atoms with Crippen LogP contribution in [0.5, 0.6) is 17.2 Å². The molecule has 156 valence electrons. The molecule has 1 aliphatic rings. The van der Waals surface area contributed by atoms with E-state index in [2.05, 4.69) is 29.2 Å². The zero-order chi connectivity index (χ0) is 20.8. The molecule has 4 rings (SSSR count). The van der Waals surface area contributed by atoms with Gasteiger partial charge in [0.25, 0.3) is 0 Å². The molecule has 1 N–H and O–H groups in total. The van der Waals surface area contributed by atoms with Gasteiger partial charge >= 0.3 is 0 Å². The fourth-order valence-corrected chi connectivity index (χ4v) is 4.13. The Bertz CT molecular complexity index is 934. The number of rotatable bonds is 7. The molecular formula is C26H29NO3. The van der Waals surface area contributed by atoms with Crippen LogP contribution in [-0.2, 0) is 6.61 Å². The fourth-order valence-electron chi connectivity index (χ4n) is 4.13. The molecule has 1 aliphatic heterocycles. The van der Waals surface area contributed by atoms with Crippen molar-refractivity contribution in [2.75, 3.05) is 20.2 Å². The zero-order valence-electron chi connectivity index (χ0n) is 17.5. The smallest absolute Gasteiger partial charge is 0.124 e. The van der Waals surface area contributed by atoms with E-state index in [4.69, 9.17) is 9.47 Å². The van der Waals surface area contributed by atoms with E-state index in [-0.39, 0.29) is 11.8 Å². The standard InChI is InChI=1S/C26H29NO3/c1-29-23-14-15-24(25(28)18-23)26(27-16-6-3-7-17-27)21-10-12-22(13-11-21)30-19-20-8-4-2-5-9-20/h2,4-5,8-15,18,26,28H,3,6-7,16-17,19H2,1H3. The minimum atomic E-state index is 0.0133. The number of phenolic OH excluding ortho intramolecular Hbond substituents is 1. The summed E-state index contributed by atoms with van der Waals surface area (Å²) in [6.07, 6.45) is 3.64. The van der Waals surface area contributed by atoms with Crippen LogP contribution in [0.2, 0.25) is 0 Å². The lowest BCUT2D eigenvalue weighted by atomic mass is 9.94. The van der Waals surface area contributed by atoms with Gasteiger partial charge in [-0.2, -0.15) is 0 Å². The van der Waals surface area contributed by atoms with Crippen LogP contribution in [0, 0.1) is 0 Å². The summed E-state index contributed by atoms with van der Waals surface area (Å²) < 4.78 is 11.2. The summed E-state index contributed by atoms with van der Waals surface area (Å²) in [5, 5.41) is 10.7. The highest BCUT2D eigenvalue weighted by molar-refractivity contribution is 5.46. The molecule has 1 heterocycles. The number of benzene rings is 3. The minimum absolute atomic E-state index is 0.0133. The minimum Gasteiger partial charge on any atom is -0.507 e. The molecule has 1 fully saturated rings. The molecule has 4 heteroatoms. The molecule has 3 aromatic rings. The first-order valence-corrected chi connectivity index (χ1v) is 10.6. The maximum Gasteiger partial charge on any atom is 0.124 e. The van der Waals surface area contributed by atoms with Crippen LogP contribution in [0.3, 0.4) is 0 Å². The monoisotopic (exact) mass is 403 g/mol. The summed E-state index contributed by atoms with van der Waals surface area (Å²) in [4.78, 5) is 2.46. The number of methoxy groups -OCH3 is 1.